The third-order valence-electron chi connectivity index (χ3n) is 5.14. The number of anilines is 1. The molecule has 1 N–H and O–H groups in total. The number of hydrogen-bond acceptors (Lipinski definition) is 5. The van der Waals surface area contributed by atoms with Crippen molar-refractivity contribution in [1.29, 1.82) is 5.26 Å². The van der Waals surface area contributed by atoms with Gasteiger partial charge in [0.15, 0.2) is 6.61 Å². The number of halogens is 2. The molecule has 3 rings (SSSR count). The lowest BCUT2D eigenvalue weighted by Gasteiger charge is -2.31. The predicted molar refractivity (Wildman–Crippen MR) is 110 cm³/mol. The lowest BCUT2D eigenvalue weighted by molar-refractivity contribution is -0.152. The van der Waals surface area contributed by atoms with Gasteiger partial charge >= 0.3 is 5.97 Å². The minimum absolute atomic E-state index is 0.218. The van der Waals surface area contributed by atoms with Crippen molar-refractivity contribution < 1.29 is 27.9 Å². The molecule has 2 aromatic carbocycles. The molecule has 0 bridgehead atoms. The number of hydrogen-bond donors (Lipinski definition) is 1. The highest BCUT2D eigenvalue weighted by molar-refractivity contribution is 5.95. The van der Waals surface area contributed by atoms with Crippen molar-refractivity contribution in [2.24, 2.45) is 5.92 Å². The molecule has 1 saturated heterocycles. The van der Waals surface area contributed by atoms with Crippen molar-refractivity contribution in [3.63, 3.8) is 0 Å². The predicted octanol–water partition coefficient (Wildman–Crippen LogP) is 3.06. The van der Waals surface area contributed by atoms with E-state index in [2.05, 4.69) is 5.32 Å². The van der Waals surface area contributed by atoms with E-state index in [-0.39, 0.29) is 25.1 Å². The maximum Gasteiger partial charge on any atom is 0.309 e. The minimum atomic E-state index is -0.928. The molecule has 0 radical (unpaired) electrons. The summed E-state index contributed by atoms with van der Waals surface area (Å²) >= 11 is 0. The van der Waals surface area contributed by atoms with Crippen LogP contribution in [0.15, 0.2) is 42.5 Å². The minimum Gasteiger partial charge on any atom is -0.455 e. The third-order valence-corrected chi connectivity index (χ3v) is 5.14. The summed E-state index contributed by atoms with van der Waals surface area (Å²) < 4.78 is 32.0. The second kappa shape index (κ2) is 10.5. The Morgan fingerprint density at radius 3 is 2.41 bits per heavy atom. The van der Waals surface area contributed by atoms with Crippen LogP contribution in [0.4, 0.5) is 14.5 Å². The van der Waals surface area contributed by atoms with Crippen molar-refractivity contribution in [3.8, 4) is 6.07 Å². The van der Waals surface area contributed by atoms with E-state index >= 15 is 0 Å². The number of ether oxygens (including phenoxy) is 1. The van der Waals surface area contributed by atoms with Crippen LogP contribution < -0.4 is 5.32 Å². The fourth-order valence-electron chi connectivity index (χ4n) is 3.40. The average molecular weight is 441 g/mol. The molecule has 1 heterocycles. The fraction of sp³-hybridized carbons (Fsp3) is 0.304. The molecule has 0 aromatic heterocycles. The van der Waals surface area contributed by atoms with Gasteiger partial charge in [0.25, 0.3) is 11.8 Å². The number of amides is 2. The number of benzene rings is 2. The smallest absolute Gasteiger partial charge is 0.309 e. The van der Waals surface area contributed by atoms with Crippen LogP contribution in [0.1, 0.15) is 28.8 Å². The zero-order valence-electron chi connectivity index (χ0n) is 17.1. The molecule has 0 unspecified atom stereocenters. The van der Waals surface area contributed by atoms with E-state index in [9.17, 15) is 23.2 Å². The zero-order chi connectivity index (χ0) is 23.1. The Labute approximate surface area is 183 Å². The Morgan fingerprint density at radius 2 is 1.78 bits per heavy atom. The molecule has 1 aliphatic rings. The summed E-state index contributed by atoms with van der Waals surface area (Å²) in [4.78, 5) is 38.1. The number of esters is 1. The molecular weight excluding hydrogens is 420 g/mol. The number of rotatable bonds is 6. The van der Waals surface area contributed by atoms with Crippen LogP contribution in [0.2, 0.25) is 0 Å². The molecule has 0 aliphatic carbocycles. The van der Waals surface area contributed by atoms with Gasteiger partial charge in [-0.3, -0.25) is 14.4 Å². The van der Waals surface area contributed by atoms with Crippen molar-refractivity contribution in [3.05, 3.63) is 65.2 Å². The molecule has 9 heteroatoms. The van der Waals surface area contributed by atoms with E-state index < -0.39 is 41.9 Å². The molecule has 2 amide bonds. The highest BCUT2D eigenvalue weighted by Crippen LogP contribution is 2.21. The van der Waals surface area contributed by atoms with Gasteiger partial charge in [-0.1, -0.05) is 12.1 Å². The van der Waals surface area contributed by atoms with Gasteiger partial charge in [0.05, 0.1) is 24.0 Å². The van der Waals surface area contributed by atoms with Gasteiger partial charge in [-0.05, 0) is 42.7 Å². The molecule has 0 spiro atoms. The molecule has 1 fully saturated rings. The second-order valence-electron chi connectivity index (χ2n) is 7.38. The van der Waals surface area contributed by atoms with Crippen molar-refractivity contribution in [2.45, 2.75) is 19.3 Å². The molecular formula is C23H21F2N3O4. The number of carbonyl (C=O) groups is 3. The van der Waals surface area contributed by atoms with Gasteiger partial charge in [0.1, 0.15) is 11.6 Å². The highest BCUT2D eigenvalue weighted by atomic mass is 19.1. The van der Waals surface area contributed by atoms with Crippen LogP contribution in [0.5, 0.6) is 0 Å². The van der Waals surface area contributed by atoms with E-state index in [0.717, 1.165) is 17.7 Å². The maximum absolute atomic E-state index is 13.8. The number of likely N-dealkylation sites (tertiary alicyclic amines) is 1. The Morgan fingerprint density at radius 1 is 1.09 bits per heavy atom. The summed E-state index contributed by atoms with van der Waals surface area (Å²) in [5.41, 5.74) is 1.13. The maximum atomic E-state index is 13.8. The standard InChI is InChI=1S/C23H21F2N3O4/c24-17-3-6-19(20(25)13-17)22(30)28-11-8-16(9-12-28)23(31)32-14-21(29)27-18-4-1-15(2-5-18)7-10-26/h1-6,13,16H,7-9,11-12,14H2,(H,27,29). The average Bonchev–Trinajstić information content (AvgIpc) is 2.79. The molecule has 0 atom stereocenters. The van der Waals surface area contributed by atoms with E-state index in [4.69, 9.17) is 10.00 Å². The number of carbonyl (C=O) groups excluding carboxylic acids is 3. The fourth-order valence-corrected chi connectivity index (χ4v) is 3.40. The number of nitriles is 1. The van der Waals surface area contributed by atoms with Crippen LogP contribution in [0, 0.1) is 28.9 Å². The van der Waals surface area contributed by atoms with Crippen LogP contribution in [0.3, 0.4) is 0 Å². The highest BCUT2D eigenvalue weighted by Gasteiger charge is 2.30. The summed E-state index contributed by atoms with van der Waals surface area (Å²) in [6.45, 7) is -0.00790. The van der Waals surface area contributed by atoms with Gasteiger partial charge in [-0.15, -0.1) is 0 Å². The first kappa shape index (κ1) is 22.9. The van der Waals surface area contributed by atoms with Gasteiger partial charge < -0.3 is 15.0 Å². The molecule has 2 aromatic rings. The van der Waals surface area contributed by atoms with Crippen molar-refractivity contribution in [1.82, 2.24) is 4.90 Å². The first-order valence-electron chi connectivity index (χ1n) is 10.0. The summed E-state index contributed by atoms with van der Waals surface area (Å²) in [5.74, 6) is -3.76. The number of nitrogens with zero attached hydrogens (tertiary/aromatic N) is 2. The first-order chi connectivity index (χ1) is 15.4. The Hall–Kier alpha value is -3.80. The third kappa shape index (κ3) is 5.88. The normalized spacial score (nSPS) is 13.8. The quantitative estimate of drug-likeness (QED) is 0.695. The molecule has 32 heavy (non-hydrogen) atoms. The van der Waals surface area contributed by atoms with Gasteiger partial charge in [0, 0.05) is 24.8 Å². The molecule has 7 nitrogen and oxygen atoms in total. The van der Waals surface area contributed by atoms with E-state index in [1.165, 1.54) is 4.90 Å². The summed E-state index contributed by atoms with van der Waals surface area (Å²) in [5, 5.41) is 11.3. The SMILES string of the molecule is N#CCc1ccc(NC(=O)COC(=O)C2CCN(C(=O)c3ccc(F)cc3F)CC2)cc1. The number of piperidine rings is 1. The van der Waals surface area contributed by atoms with Gasteiger partial charge in [-0.2, -0.15) is 5.26 Å². The largest absolute Gasteiger partial charge is 0.455 e. The number of nitrogens with one attached hydrogen (secondary N) is 1. The van der Waals surface area contributed by atoms with E-state index in [1.807, 2.05) is 6.07 Å². The second-order valence-corrected chi connectivity index (χ2v) is 7.38. The van der Waals surface area contributed by atoms with Crippen LogP contribution in [-0.2, 0) is 20.7 Å². The van der Waals surface area contributed by atoms with Crippen molar-refractivity contribution >= 4 is 23.5 Å². The molecule has 1 aliphatic heterocycles. The molecule has 166 valence electrons. The topological polar surface area (TPSA) is 99.5 Å². The first-order valence-corrected chi connectivity index (χ1v) is 10.0. The summed E-state index contributed by atoms with van der Waals surface area (Å²) in [6.07, 6.45) is 0.903. The van der Waals surface area contributed by atoms with Crippen LogP contribution in [0.25, 0.3) is 0 Å². The summed E-state index contributed by atoms with van der Waals surface area (Å²) in [6, 6.07) is 11.6. The van der Waals surface area contributed by atoms with Crippen LogP contribution >= 0.6 is 0 Å². The Kier molecular flexibility index (Phi) is 7.49. The monoisotopic (exact) mass is 441 g/mol. The Balaban J connectivity index is 1.43. The van der Waals surface area contributed by atoms with Crippen molar-refractivity contribution in [2.75, 3.05) is 25.0 Å². The van der Waals surface area contributed by atoms with Gasteiger partial charge in [0.2, 0.25) is 0 Å². The lowest BCUT2D eigenvalue weighted by atomic mass is 9.96. The summed E-state index contributed by atoms with van der Waals surface area (Å²) in [7, 11) is 0. The Bertz CT molecular complexity index is 1040. The van der Waals surface area contributed by atoms with E-state index in [0.29, 0.717) is 24.6 Å². The van der Waals surface area contributed by atoms with E-state index in [1.54, 1.807) is 24.3 Å². The zero-order valence-corrected chi connectivity index (χ0v) is 17.1. The van der Waals surface area contributed by atoms with Crippen LogP contribution in [-0.4, -0.2) is 42.4 Å². The lowest BCUT2D eigenvalue weighted by Crippen LogP contribution is -2.41. The molecule has 0 saturated carbocycles. The van der Waals surface area contributed by atoms with Gasteiger partial charge in [-0.25, -0.2) is 8.78 Å².